The van der Waals surface area contributed by atoms with E-state index in [1.807, 2.05) is 60.7 Å². The molecule has 106 valence electrons. The predicted molar refractivity (Wildman–Crippen MR) is 88.3 cm³/mol. The third-order valence-electron chi connectivity index (χ3n) is 3.50. The Bertz CT molecular complexity index is 768. The zero-order chi connectivity index (χ0) is 14.7. The molecule has 3 aromatic carbocycles. The second kappa shape index (κ2) is 6.29. The van der Waals surface area contributed by atoms with Crippen LogP contribution < -0.4 is 4.74 Å². The van der Waals surface area contributed by atoms with E-state index in [1.165, 1.54) is 0 Å². The van der Waals surface area contributed by atoms with Gasteiger partial charge >= 0.3 is 0 Å². The van der Waals surface area contributed by atoms with Crippen molar-refractivity contribution in [3.63, 3.8) is 0 Å². The average Bonchev–Trinajstić information content (AvgIpc) is 2.53. The number of rotatable bonds is 4. The summed E-state index contributed by atoms with van der Waals surface area (Å²) >= 11 is 3.52. The van der Waals surface area contributed by atoms with E-state index in [0.29, 0.717) is 6.61 Å². The van der Waals surface area contributed by atoms with Crippen molar-refractivity contribution in [2.45, 2.75) is 13.2 Å². The molecular weight excluding hydrogens is 328 g/mol. The Morgan fingerprint density at radius 1 is 0.905 bits per heavy atom. The molecule has 0 aromatic heterocycles. The molecular formula is C18H15BrO2. The van der Waals surface area contributed by atoms with Gasteiger partial charge in [0.25, 0.3) is 0 Å². The summed E-state index contributed by atoms with van der Waals surface area (Å²) in [5.41, 5.74) is 1.91. The number of fused-ring (bicyclic) bond motifs is 1. The van der Waals surface area contributed by atoms with Crippen LogP contribution in [0.2, 0.25) is 0 Å². The molecule has 2 nitrogen and oxygen atoms in total. The molecule has 0 atom stereocenters. The zero-order valence-electron chi connectivity index (χ0n) is 11.4. The van der Waals surface area contributed by atoms with Crippen molar-refractivity contribution in [3.8, 4) is 5.75 Å². The monoisotopic (exact) mass is 342 g/mol. The molecule has 0 radical (unpaired) electrons. The van der Waals surface area contributed by atoms with Crippen molar-refractivity contribution in [2.24, 2.45) is 0 Å². The zero-order valence-corrected chi connectivity index (χ0v) is 13.0. The van der Waals surface area contributed by atoms with Gasteiger partial charge in [0.2, 0.25) is 0 Å². The van der Waals surface area contributed by atoms with Gasteiger partial charge in [-0.15, -0.1) is 0 Å². The second-order valence-corrected chi connectivity index (χ2v) is 5.66. The Morgan fingerprint density at radius 2 is 1.67 bits per heavy atom. The summed E-state index contributed by atoms with van der Waals surface area (Å²) < 4.78 is 6.94. The minimum absolute atomic E-state index is 0.0351. The Labute approximate surface area is 132 Å². The van der Waals surface area contributed by atoms with E-state index in [0.717, 1.165) is 32.1 Å². The van der Waals surface area contributed by atoms with E-state index < -0.39 is 0 Å². The maximum atomic E-state index is 9.68. The summed E-state index contributed by atoms with van der Waals surface area (Å²) in [4.78, 5) is 0. The third kappa shape index (κ3) is 2.94. The van der Waals surface area contributed by atoms with Crippen LogP contribution in [-0.2, 0) is 13.2 Å². The number of aliphatic hydroxyl groups excluding tert-OH is 1. The minimum Gasteiger partial charge on any atom is -0.488 e. The molecule has 0 aliphatic carbocycles. The van der Waals surface area contributed by atoms with Crippen molar-refractivity contribution < 1.29 is 9.84 Å². The predicted octanol–water partition coefficient (Wildman–Crippen LogP) is 4.67. The number of hydrogen-bond acceptors (Lipinski definition) is 2. The van der Waals surface area contributed by atoms with E-state index >= 15 is 0 Å². The first-order chi connectivity index (χ1) is 10.3. The van der Waals surface area contributed by atoms with Gasteiger partial charge in [0.1, 0.15) is 12.4 Å². The highest BCUT2D eigenvalue weighted by atomic mass is 79.9. The highest BCUT2D eigenvalue weighted by Crippen LogP contribution is 2.29. The van der Waals surface area contributed by atoms with Crippen molar-refractivity contribution >= 4 is 26.7 Å². The van der Waals surface area contributed by atoms with Gasteiger partial charge in [-0.1, -0.05) is 64.5 Å². The maximum Gasteiger partial charge on any atom is 0.125 e. The lowest BCUT2D eigenvalue weighted by Gasteiger charge is -2.13. The quantitative estimate of drug-likeness (QED) is 0.746. The molecule has 1 N–H and O–H groups in total. The van der Waals surface area contributed by atoms with Gasteiger partial charge in [0.05, 0.1) is 6.61 Å². The standard InChI is InChI=1S/C18H15BrO2/c19-17-8-4-2-6-14(17)12-21-18-10-9-13-5-1-3-7-15(13)16(18)11-20/h1-10,20H,11-12H2. The van der Waals surface area contributed by atoms with E-state index in [4.69, 9.17) is 4.74 Å². The molecule has 0 aliphatic heterocycles. The first kappa shape index (κ1) is 14.1. The SMILES string of the molecule is OCc1c(OCc2ccccc2Br)ccc2ccccc12. The lowest BCUT2D eigenvalue weighted by Crippen LogP contribution is -2.00. The van der Waals surface area contributed by atoms with Gasteiger partial charge in [-0.3, -0.25) is 0 Å². The lowest BCUT2D eigenvalue weighted by atomic mass is 10.0. The largest absolute Gasteiger partial charge is 0.488 e. The Kier molecular flexibility index (Phi) is 4.23. The van der Waals surface area contributed by atoms with Crippen LogP contribution in [-0.4, -0.2) is 5.11 Å². The average molecular weight is 343 g/mol. The van der Waals surface area contributed by atoms with Gasteiger partial charge in [-0.05, 0) is 22.9 Å². The van der Waals surface area contributed by atoms with Crippen LogP contribution in [0.1, 0.15) is 11.1 Å². The van der Waals surface area contributed by atoms with E-state index in [2.05, 4.69) is 15.9 Å². The minimum atomic E-state index is -0.0351. The highest BCUT2D eigenvalue weighted by molar-refractivity contribution is 9.10. The Morgan fingerprint density at radius 3 is 2.48 bits per heavy atom. The van der Waals surface area contributed by atoms with Gasteiger partial charge in [-0.2, -0.15) is 0 Å². The maximum absolute atomic E-state index is 9.68. The number of hydrogen-bond donors (Lipinski definition) is 1. The Balaban J connectivity index is 1.92. The first-order valence-corrected chi connectivity index (χ1v) is 7.56. The number of aliphatic hydroxyl groups is 1. The lowest BCUT2D eigenvalue weighted by molar-refractivity contribution is 0.260. The molecule has 3 rings (SSSR count). The van der Waals surface area contributed by atoms with Gasteiger partial charge in [0.15, 0.2) is 0 Å². The summed E-state index contributed by atoms with van der Waals surface area (Å²) in [6, 6.07) is 19.9. The number of benzene rings is 3. The molecule has 0 spiro atoms. The fourth-order valence-corrected chi connectivity index (χ4v) is 2.78. The van der Waals surface area contributed by atoms with E-state index in [9.17, 15) is 5.11 Å². The van der Waals surface area contributed by atoms with E-state index in [-0.39, 0.29) is 6.61 Å². The summed E-state index contributed by atoms with van der Waals surface area (Å²) in [6.45, 7) is 0.430. The summed E-state index contributed by atoms with van der Waals surface area (Å²) in [5.74, 6) is 0.729. The van der Waals surface area contributed by atoms with E-state index in [1.54, 1.807) is 0 Å². The molecule has 0 saturated carbocycles. The summed E-state index contributed by atoms with van der Waals surface area (Å²) in [7, 11) is 0. The van der Waals surface area contributed by atoms with Crippen LogP contribution >= 0.6 is 15.9 Å². The number of halogens is 1. The third-order valence-corrected chi connectivity index (χ3v) is 4.27. The molecule has 0 heterocycles. The molecule has 0 unspecified atom stereocenters. The first-order valence-electron chi connectivity index (χ1n) is 6.77. The van der Waals surface area contributed by atoms with Crippen LogP contribution in [0.3, 0.4) is 0 Å². The van der Waals surface area contributed by atoms with Gasteiger partial charge < -0.3 is 9.84 Å². The smallest absolute Gasteiger partial charge is 0.125 e. The Hall–Kier alpha value is -1.84. The fraction of sp³-hybridized carbons (Fsp3) is 0.111. The van der Waals surface area contributed by atoms with Crippen molar-refractivity contribution in [1.29, 1.82) is 0 Å². The van der Waals surface area contributed by atoms with Crippen LogP contribution in [0.5, 0.6) is 5.75 Å². The van der Waals surface area contributed by atoms with Crippen LogP contribution in [0, 0.1) is 0 Å². The molecule has 3 heteroatoms. The van der Waals surface area contributed by atoms with Crippen molar-refractivity contribution in [3.05, 3.63) is 76.3 Å². The second-order valence-electron chi connectivity index (χ2n) is 4.80. The van der Waals surface area contributed by atoms with Crippen molar-refractivity contribution in [2.75, 3.05) is 0 Å². The molecule has 0 amide bonds. The van der Waals surface area contributed by atoms with Gasteiger partial charge in [0, 0.05) is 15.6 Å². The molecule has 0 aliphatic rings. The van der Waals surface area contributed by atoms with Crippen LogP contribution in [0.15, 0.2) is 65.1 Å². The highest BCUT2D eigenvalue weighted by Gasteiger charge is 2.08. The normalized spacial score (nSPS) is 10.8. The van der Waals surface area contributed by atoms with Crippen LogP contribution in [0.4, 0.5) is 0 Å². The molecule has 21 heavy (non-hydrogen) atoms. The van der Waals surface area contributed by atoms with Gasteiger partial charge in [-0.25, -0.2) is 0 Å². The molecule has 3 aromatic rings. The summed E-state index contributed by atoms with van der Waals surface area (Å²) in [6.07, 6.45) is 0. The summed E-state index contributed by atoms with van der Waals surface area (Å²) in [5, 5.41) is 11.8. The fourth-order valence-electron chi connectivity index (χ4n) is 2.39. The molecule has 0 saturated heterocycles. The van der Waals surface area contributed by atoms with Crippen molar-refractivity contribution in [1.82, 2.24) is 0 Å². The topological polar surface area (TPSA) is 29.5 Å². The number of ether oxygens (including phenoxy) is 1. The van der Waals surface area contributed by atoms with Crippen LogP contribution in [0.25, 0.3) is 10.8 Å². The molecule has 0 fully saturated rings. The molecule has 0 bridgehead atoms.